The fourth-order valence-corrected chi connectivity index (χ4v) is 3.73. The molecule has 3 rings (SSSR count). The minimum atomic E-state index is -1.12. The maximum atomic E-state index is 13.0. The summed E-state index contributed by atoms with van der Waals surface area (Å²) in [5, 5.41) is 11.5. The number of hydrogen-bond acceptors (Lipinski definition) is 4. The predicted molar refractivity (Wildman–Crippen MR) is 95.5 cm³/mol. The van der Waals surface area contributed by atoms with Crippen LogP contribution in [0.4, 0.5) is 0 Å². The van der Waals surface area contributed by atoms with E-state index in [1.54, 1.807) is 12.1 Å². The molecule has 0 saturated carbocycles. The number of carboxylic acid groups (broad SMARTS) is 1. The Morgan fingerprint density at radius 2 is 2.17 bits per heavy atom. The largest absolute Gasteiger partial charge is 0.478 e. The van der Waals surface area contributed by atoms with Gasteiger partial charge in [-0.15, -0.1) is 11.3 Å². The highest BCUT2D eigenvalue weighted by Crippen LogP contribution is 2.24. The maximum Gasteiger partial charge on any atom is 0.337 e. The van der Waals surface area contributed by atoms with Crippen LogP contribution in [0.15, 0.2) is 34.4 Å². The topological polar surface area (TPSA) is 72.2 Å². The molecule has 0 bridgehead atoms. The van der Waals surface area contributed by atoms with E-state index in [1.165, 1.54) is 21.3 Å². The van der Waals surface area contributed by atoms with Gasteiger partial charge in [0.15, 0.2) is 0 Å². The molecule has 0 atom stereocenters. The van der Waals surface area contributed by atoms with Gasteiger partial charge in [-0.2, -0.15) is 0 Å². The quantitative estimate of drug-likeness (QED) is 0.761. The van der Waals surface area contributed by atoms with E-state index in [-0.39, 0.29) is 22.4 Å². The van der Waals surface area contributed by atoms with Crippen LogP contribution in [0.3, 0.4) is 0 Å². The van der Waals surface area contributed by atoms with E-state index in [4.69, 9.17) is 11.6 Å². The summed E-state index contributed by atoms with van der Waals surface area (Å²) in [5.41, 5.74) is 0.532. The molecule has 1 N–H and O–H groups in total. The second kappa shape index (κ2) is 6.37. The standard InChI is InChI=1S/C17H15ClN2O3S/c1-9(2)14-19-15-13(12(8-24-15)17(22)23)16(21)20(14)7-10-4-3-5-11(18)6-10/h3-6,8-9H,7H2,1-2H3,(H,22,23). The Morgan fingerprint density at radius 1 is 1.42 bits per heavy atom. The molecule has 5 nitrogen and oxygen atoms in total. The molecule has 0 unspecified atom stereocenters. The zero-order valence-electron chi connectivity index (χ0n) is 13.1. The van der Waals surface area contributed by atoms with Crippen molar-refractivity contribution in [3.63, 3.8) is 0 Å². The highest BCUT2D eigenvalue weighted by atomic mass is 35.5. The molecule has 0 aliphatic carbocycles. The monoisotopic (exact) mass is 362 g/mol. The summed E-state index contributed by atoms with van der Waals surface area (Å²) in [5.74, 6) is -0.463. The van der Waals surface area contributed by atoms with Gasteiger partial charge in [0.05, 0.1) is 17.5 Å². The first kappa shape index (κ1) is 16.7. The summed E-state index contributed by atoms with van der Waals surface area (Å²) in [6.45, 7) is 4.20. The molecular weight excluding hydrogens is 348 g/mol. The van der Waals surface area contributed by atoms with E-state index >= 15 is 0 Å². The van der Waals surface area contributed by atoms with Crippen molar-refractivity contribution in [1.82, 2.24) is 9.55 Å². The number of aromatic nitrogens is 2. The third-order valence-corrected chi connectivity index (χ3v) is 4.81. The number of carbonyl (C=O) groups is 1. The summed E-state index contributed by atoms with van der Waals surface area (Å²) >= 11 is 7.20. The fraction of sp³-hybridized carbons (Fsp3) is 0.235. The summed E-state index contributed by atoms with van der Waals surface area (Å²) in [7, 11) is 0. The van der Waals surface area contributed by atoms with Crippen molar-refractivity contribution in [1.29, 1.82) is 0 Å². The Balaban J connectivity index is 2.25. The van der Waals surface area contributed by atoms with Gasteiger partial charge in [0.1, 0.15) is 10.7 Å². The molecule has 3 aromatic rings. The van der Waals surface area contributed by atoms with Crippen LogP contribution in [0.5, 0.6) is 0 Å². The highest BCUT2D eigenvalue weighted by Gasteiger charge is 2.20. The fourth-order valence-electron chi connectivity index (χ4n) is 2.61. The number of thiophene rings is 1. The number of nitrogens with zero attached hydrogens (tertiary/aromatic N) is 2. The highest BCUT2D eigenvalue weighted by molar-refractivity contribution is 7.17. The van der Waals surface area contributed by atoms with Crippen LogP contribution in [0.1, 0.15) is 41.5 Å². The van der Waals surface area contributed by atoms with Crippen LogP contribution in [0.2, 0.25) is 5.02 Å². The lowest BCUT2D eigenvalue weighted by Crippen LogP contribution is -2.27. The molecule has 0 aliphatic heterocycles. The summed E-state index contributed by atoms with van der Waals surface area (Å²) in [4.78, 5) is 29.3. The molecule has 1 aromatic carbocycles. The van der Waals surface area contributed by atoms with Crippen molar-refractivity contribution in [2.75, 3.05) is 0 Å². The Labute approximate surface area is 147 Å². The Hall–Kier alpha value is -2.18. The molecular formula is C17H15ClN2O3S. The van der Waals surface area contributed by atoms with Gasteiger partial charge in [-0.1, -0.05) is 37.6 Å². The van der Waals surface area contributed by atoms with Crippen molar-refractivity contribution in [2.45, 2.75) is 26.3 Å². The summed E-state index contributed by atoms with van der Waals surface area (Å²) < 4.78 is 1.54. The minimum absolute atomic E-state index is 0.00245. The van der Waals surface area contributed by atoms with E-state index in [1.807, 2.05) is 26.0 Å². The molecule has 7 heteroatoms. The van der Waals surface area contributed by atoms with Gasteiger partial charge in [0.2, 0.25) is 0 Å². The molecule has 0 amide bonds. The molecule has 0 spiro atoms. The van der Waals surface area contributed by atoms with Crippen molar-refractivity contribution >= 4 is 39.1 Å². The van der Waals surface area contributed by atoms with E-state index in [0.717, 1.165) is 5.56 Å². The SMILES string of the molecule is CC(C)c1nc2scc(C(=O)O)c2c(=O)n1Cc1cccc(Cl)c1. The third-order valence-electron chi connectivity index (χ3n) is 3.70. The van der Waals surface area contributed by atoms with Gasteiger partial charge in [-0.25, -0.2) is 9.78 Å². The molecule has 2 aromatic heterocycles. The van der Waals surface area contributed by atoms with Crippen molar-refractivity contribution in [3.8, 4) is 0 Å². The number of fused-ring (bicyclic) bond motifs is 1. The van der Waals surface area contributed by atoms with Gasteiger partial charge in [-0.05, 0) is 17.7 Å². The molecule has 0 saturated heterocycles. The van der Waals surface area contributed by atoms with Crippen LogP contribution >= 0.6 is 22.9 Å². The summed E-state index contributed by atoms with van der Waals surface area (Å²) in [6, 6.07) is 7.24. The molecule has 0 aliphatic rings. The number of hydrogen-bond donors (Lipinski definition) is 1. The Kier molecular flexibility index (Phi) is 4.43. The average Bonchev–Trinajstić information content (AvgIpc) is 2.94. The molecule has 124 valence electrons. The summed E-state index contributed by atoms with van der Waals surface area (Å²) in [6.07, 6.45) is 0. The zero-order chi connectivity index (χ0) is 17.4. The van der Waals surface area contributed by atoms with Crippen LogP contribution in [-0.4, -0.2) is 20.6 Å². The second-order valence-corrected chi connectivity index (χ2v) is 7.08. The first-order valence-corrected chi connectivity index (χ1v) is 8.64. The maximum absolute atomic E-state index is 13.0. The van der Waals surface area contributed by atoms with Gasteiger partial charge in [0.25, 0.3) is 5.56 Å². The van der Waals surface area contributed by atoms with Crippen molar-refractivity contribution < 1.29 is 9.90 Å². The molecule has 2 heterocycles. The van der Waals surface area contributed by atoms with Crippen molar-refractivity contribution in [2.24, 2.45) is 0 Å². The number of rotatable bonds is 4. The lowest BCUT2D eigenvalue weighted by molar-refractivity contribution is 0.0699. The van der Waals surface area contributed by atoms with Crippen LogP contribution in [0.25, 0.3) is 10.2 Å². The lowest BCUT2D eigenvalue weighted by atomic mass is 10.1. The van der Waals surface area contributed by atoms with E-state index < -0.39 is 5.97 Å². The van der Waals surface area contributed by atoms with E-state index in [0.29, 0.717) is 22.2 Å². The molecule has 0 radical (unpaired) electrons. The lowest BCUT2D eigenvalue weighted by Gasteiger charge is -2.15. The van der Waals surface area contributed by atoms with E-state index in [2.05, 4.69) is 4.98 Å². The normalized spacial score (nSPS) is 11.3. The van der Waals surface area contributed by atoms with Gasteiger partial charge < -0.3 is 5.11 Å². The number of benzene rings is 1. The number of aromatic carboxylic acids is 1. The third kappa shape index (κ3) is 2.95. The van der Waals surface area contributed by atoms with Crippen LogP contribution < -0.4 is 5.56 Å². The zero-order valence-corrected chi connectivity index (χ0v) is 14.7. The van der Waals surface area contributed by atoms with Crippen LogP contribution in [-0.2, 0) is 6.54 Å². The first-order valence-electron chi connectivity index (χ1n) is 7.38. The number of carboxylic acids is 1. The average molecular weight is 363 g/mol. The molecule has 24 heavy (non-hydrogen) atoms. The van der Waals surface area contributed by atoms with Crippen LogP contribution in [0, 0.1) is 0 Å². The number of halogens is 1. The van der Waals surface area contributed by atoms with E-state index in [9.17, 15) is 14.7 Å². The Bertz CT molecular complexity index is 991. The smallest absolute Gasteiger partial charge is 0.337 e. The van der Waals surface area contributed by atoms with Gasteiger partial charge >= 0.3 is 5.97 Å². The Morgan fingerprint density at radius 3 is 2.79 bits per heavy atom. The first-order chi connectivity index (χ1) is 11.4. The van der Waals surface area contributed by atoms with Gasteiger partial charge in [-0.3, -0.25) is 9.36 Å². The second-order valence-electron chi connectivity index (χ2n) is 5.78. The van der Waals surface area contributed by atoms with Gasteiger partial charge in [0, 0.05) is 16.3 Å². The van der Waals surface area contributed by atoms with Crippen molar-refractivity contribution in [3.05, 3.63) is 62.0 Å². The molecule has 0 fully saturated rings. The predicted octanol–water partition coefficient (Wildman–Crippen LogP) is 3.98. The minimum Gasteiger partial charge on any atom is -0.478 e.